The first kappa shape index (κ1) is 27.0. The van der Waals surface area contributed by atoms with E-state index in [0.717, 1.165) is 4.57 Å². The van der Waals surface area contributed by atoms with Gasteiger partial charge in [0.1, 0.15) is 12.7 Å². The number of hydrogen-bond donors (Lipinski definition) is 2. The predicted octanol–water partition coefficient (Wildman–Crippen LogP) is -1.38. The van der Waals surface area contributed by atoms with Crippen molar-refractivity contribution in [2.75, 3.05) is 13.7 Å². The minimum Gasteiger partial charge on any atom is -0.469 e. The molecule has 2 atom stereocenters. The molecular formula is C20H31N3O9. The van der Waals surface area contributed by atoms with Crippen LogP contribution in [-0.4, -0.2) is 61.8 Å². The quantitative estimate of drug-likeness (QED) is 0.285. The molecule has 0 aliphatic heterocycles. The molecule has 12 nitrogen and oxygen atoms in total. The standard InChI is InChI=1S/C20H31N3O9/c1-6-8-21-17(28)22(10-13(24)7-2)19(30)23(18(21)29)11-14(25)12-32-15(26)9-20(3,4)16(27)31-5/h6,13-14,24-25H,1,7-12H2,2-5H3. The zero-order valence-electron chi connectivity index (χ0n) is 18.8. The Kier molecular flexibility index (Phi) is 9.79. The number of methoxy groups -OCH3 is 1. The molecule has 1 aromatic heterocycles. The van der Waals surface area contributed by atoms with E-state index in [1.807, 2.05) is 0 Å². The fourth-order valence-corrected chi connectivity index (χ4v) is 2.83. The molecule has 0 fully saturated rings. The van der Waals surface area contributed by atoms with Gasteiger partial charge in [-0.15, -0.1) is 6.58 Å². The molecule has 2 unspecified atom stereocenters. The molecule has 32 heavy (non-hydrogen) atoms. The number of carbonyl (C=O) groups is 2. The van der Waals surface area contributed by atoms with Gasteiger partial charge >= 0.3 is 29.0 Å². The van der Waals surface area contributed by atoms with Gasteiger partial charge in [-0.25, -0.2) is 28.1 Å². The van der Waals surface area contributed by atoms with Gasteiger partial charge in [0, 0.05) is 0 Å². The highest BCUT2D eigenvalue weighted by atomic mass is 16.5. The Morgan fingerprint density at radius 1 is 1.03 bits per heavy atom. The van der Waals surface area contributed by atoms with Crippen molar-refractivity contribution in [1.82, 2.24) is 13.7 Å². The zero-order chi connectivity index (χ0) is 24.6. The predicted molar refractivity (Wildman–Crippen MR) is 113 cm³/mol. The molecule has 1 heterocycles. The van der Waals surface area contributed by atoms with Crippen LogP contribution in [0.5, 0.6) is 0 Å². The van der Waals surface area contributed by atoms with Crippen molar-refractivity contribution in [2.24, 2.45) is 5.41 Å². The molecule has 12 heteroatoms. The van der Waals surface area contributed by atoms with Gasteiger partial charge in [0.2, 0.25) is 0 Å². The summed E-state index contributed by atoms with van der Waals surface area (Å²) in [5, 5.41) is 20.1. The Bertz CT molecular complexity index is 1000. The van der Waals surface area contributed by atoms with E-state index < -0.39 is 59.8 Å². The number of aromatic nitrogens is 3. The van der Waals surface area contributed by atoms with Gasteiger partial charge < -0.3 is 19.7 Å². The van der Waals surface area contributed by atoms with E-state index in [4.69, 9.17) is 4.74 Å². The first-order chi connectivity index (χ1) is 14.9. The van der Waals surface area contributed by atoms with Gasteiger partial charge in [-0.3, -0.25) is 9.59 Å². The van der Waals surface area contributed by atoms with Gasteiger partial charge in [-0.05, 0) is 20.3 Å². The van der Waals surface area contributed by atoms with Crippen LogP contribution in [0.4, 0.5) is 0 Å². The average molecular weight is 457 g/mol. The van der Waals surface area contributed by atoms with Crippen LogP contribution in [0.25, 0.3) is 0 Å². The second kappa shape index (κ2) is 11.6. The van der Waals surface area contributed by atoms with E-state index in [0.29, 0.717) is 9.13 Å². The minimum absolute atomic E-state index is 0.187. The molecule has 1 aromatic rings. The monoisotopic (exact) mass is 457 g/mol. The number of allylic oxidation sites excluding steroid dienone is 1. The lowest BCUT2D eigenvalue weighted by atomic mass is 9.90. The Balaban J connectivity index is 3.08. The summed E-state index contributed by atoms with van der Waals surface area (Å²) in [5.41, 5.74) is -4.03. The molecule has 0 aliphatic carbocycles. The van der Waals surface area contributed by atoms with Crippen LogP contribution < -0.4 is 17.1 Å². The number of carbonyl (C=O) groups excluding carboxylic acids is 2. The van der Waals surface area contributed by atoms with Crippen molar-refractivity contribution in [3.63, 3.8) is 0 Å². The molecule has 0 radical (unpaired) electrons. The fourth-order valence-electron chi connectivity index (χ4n) is 2.83. The molecular weight excluding hydrogens is 426 g/mol. The normalized spacial score (nSPS) is 13.3. The Labute approximate surface area is 184 Å². The molecule has 0 bridgehead atoms. The van der Waals surface area contributed by atoms with Crippen LogP contribution in [0.2, 0.25) is 0 Å². The number of rotatable bonds is 12. The summed E-state index contributed by atoms with van der Waals surface area (Å²) in [7, 11) is 1.19. The number of esters is 2. The van der Waals surface area contributed by atoms with E-state index in [1.165, 1.54) is 27.0 Å². The third-order valence-electron chi connectivity index (χ3n) is 4.72. The maximum Gasteiger partial charge on any atom is 0.336 e. The average Bonchev–Trinajstić information content (AvgIpc) is 2.74. The van der Waals surface area contributed by atoms with Crippen molar-refractivity contribution < 1.29 is 29.3 Å². The highest BCUT2D eigenvalue weighted by Gasteiger charge is 2.32. The Morgan fingerprint density at radius 2 is 1.53 bits per heavy atom. The number of aliphatic hydroxyl groups is 2. The van der Waals surface area contributed by atoms with Gasteiger partial charge in [-0.2, -0.15) is 0 Å². The maximum atomic E-state index is 12.7. The van der Waals surface area contributed by atoms with Gasteiger partial charge in [-0.1, -0.05) is 13.0 Å². The van der Waals surface area contributed by atoms with Gasteiger partial charge in [0.05, 0.1) is 44.7 Å². The van der Waals surface area contributed by atoms with E-state index in [1.54, 1.807) is 6.92 Å². The van der Waals surface area contributed by atoms with Crippen molar-refractivity contribution in [3.8, 4) is 0 Å². The molecule has 2 N–H and O–H groups in total. The van der Waals surface area contributed by atoms with E-state index >= 15 is 0 Å². The highest BCUT2D eigenvalue weighted by Crippen LogP contribution is 2.22. The molecule has 0 amide bonds. The SMILES string of the molecule is C=CCn1c(=O)n(CC(O)CC)c(=O)n(CC(O)COC(=O)CC(C)(C)C(=O)OC)c1=O. The number of hydrogen-bond acceptors (Lipinski definition) is 9. The third kappa shape index (κ3) is 6.76. The maximum absolute atomic E-state index is 12.7. The third-order valence-corrected chi connectivity index (χ3v) is 4.72. The van der Waals surface area contributed by atoms with E-state index in [2.05, 4.69) is 11.3 Å². The summed E-state index contributed by atoms with van der Waals surface area (Å²) in [6.45, 7) is 6.47. The van der Waals surface area contributed by atoms with Gasteiger partial charge in [0.15, 0.2) is 0 Å². The van der Waals surface area contributed by atoms with Crippen molar-refractivity contribution >= 4 is 11.9 Å². The van der Waals surface area contributed by atoms with Crippen LogP contribution in [0.3, 0.4) is 0 Å². The molecule has 1 rings (SSSR count). The smallest absolute Gasteiger partial charge is 0.336 e. The summed E-state index contributed by atoms with van der Waals surface area (Å²) in [6, 6.07) is 0. The van der Waals surface area contributed by atoms with Gasteiger partial charge in [0.25, 0.3) is 0 Å². The largest absolute Gasteiger partial charge is 0.469 e. The Hall–Kier alpha value is -2.99. The summed E-state index contributed by atoms with van der Waals surface area (Å²) in [5.74, 6) is -1.40. The number of nitrogens with zero attached hydrogens (tertiary/aromatic N) is 3. The molecule has 0 saturated carbocycles. The Morgan fingerprint density at radius 3 is 2.00 bits per heavy atom. The van der Waals surface area contributed by atoms with E-state index in [9.17, 15) is 34.2 Å². The summed E-state index contributed by atoms with van der Waals surface area (Å²) < 4.78 is 11.6. The minimum atomic E-state index is -1.45. The first-order valence-corrected chi connectivity index (χ1v) is 10.0. The molecule has 0 aliphatic rings. The van der Waals surface area contributed by atoms with Crippen LogP contribution in [0.15, 0.2) is 27.0 Å². The fraction of sp³-hybridized carbons (Fsp3) is 0.650. The molecule has 0 spiro atoms. The van der Waals surface area contributed by atoms with Crippen molar-refractivity contribution in [3.05, 3.63) is 44.1 Å². The lowest BCUT2D eigenvalue weighted by Gasteiger charge is -2.21. The number of aliphatic hydroxyl groups excluding tert-OH is 2. The summed E-state index contributed by atoms with van der Waals surface area (Å²) in [6.07, 6.45) is -1.19. The lowest BCUT2D eigenvalue weighted by Crippen LogP contribution is -2.56. The lowest BCUT2D eigenvalue weighted by molar-refractivity contribution is -0.159. The summed E-state index contributed by atoms with van der Waals surface area (Å²) in [4.78, 5) is 61.5. The van der Waals surface area contributed by atoms with Crippen LogP contribution >= 0.6 is 0 Å². The van der Waals surface area contributed by atoms with Crippen LogP contribution in [0.1, 0.15) is 33.6 Å². The second-order valence-electron chi connectivity index (χ2n) is 7.92. The molecule has 180 valence electrons. The van der Waals surface area contributed by atoms with Crippen LogP contribution in [-0.2, 0) is 38.7 Å². The topological polar surface area (TPSA) is 159 Å². The second-order valence-corrected chi connectivity index (χ2v) is 7.92. The van der Waals surface area contributed by atoms with E-state index in [-0.39, 0.29) is 25.9 Å². The molecule has 0 saturated heterocycles. The van der Waals surface area contributed by atoms with Crippen molar-refractivity contribution in [2.45, 2.75) is 65.5 Å². The highest BCUT2D eigenvalue weighted by molar-refractivity contribution is 5.82. The van der Waals surface area contributed by atoms with Crippen LogP contribution in [0, 0.1) is 5.41 Å². The van der Waals surface area contributed by atoms with Crippen molar-refractivity contribution in [1.29, 1.82) is 0 Å². The summed E-state index contributed by atoms with van der Waals surface area (Å²) >= 11 is 0. The zero-order valence-corrected chi connectivity index (χ0v) is 18.8. The number of ether oxygens (including phenoxy) is 2. The molecule has 0 aromatic carbocycles. The first-order valence-electron chi connectivity index (χ1n) is 10.0.